The third-order valence-electron chi connectivity index (χ3n) is 15.0. The molecule has 0 spiro atoms. The van der Waals surface area contributed by atoms with Crippen molar-refractivity contribution in [2.75, 3.05) is 78.9 Å². The first-order valence-corrected chi connectivity index (χ1v) is 33.4. The van der Waals surface area contributed by atoms with Crippen molar-refractivity contribution in [3.05, 3.63) is 24.3 Å². The van der Waals surface area contributed by atoms with Crippen LogP contribution in [0.1, 0.15) is 292 Å². The number of esters is 3. The van der Waals surface area contributed by atoms with E-state index in [1.165, 1.54) is 38.5 Å². The molecule has 0 fully saturated rings. The van der Waals surface area contributed by atoms with E-state index < -0.39 is 0 Å². The Morgan fingerprint density at radius 1 is 0.372 bits per heavy atom. The quantitative estimate of drug-likeness (QED) is 0.0206. The molecule has 2 atom stereocenters. The van der Waals surface area contributed by atoms with Crippen LogP contribution < -0.4 is 0 Å². The molecule has 11 heteroatoms. The summed E-state index contributed by atoms with van der Waals surface area (Å²) in [5.41, 5.74) is 0. The summed E-state index contributed by atoms with van der Waals surface area (Å²) in [6.07, 6.45) is 48.7. The summed E-state index contributed by atoms with van der Waals surface area (Å²) in [6, 6.07) is 0. The molecule has 0 aromatic heterocycles. The first-order chi connectivity index (χ1) is 38.3. The zero-order valence-electron chi connectivity index (χ0n) is 52.2. The lowest BCUT2D eigenvalue weighted by molar-refractivity contribution is -0.159. The van der Waals surface area contributed by atoms with Crippen LogP contribution in [0.2, 0.25) is 0 Å². The fourth-order valence-electron chi connectivity index (χ4n) is 9.93. The molecule has 11 nitrogen and oxygen atoms in total. The summed E-state index contributed by atoms with van der Waals surface area (Å²) in [4.78, 5) is 43.9. The standard InChI is InChI=1S/C67H128N2O9/c1-7-13-19-23-28-39-58-75-65(76-59-40-29-24-20-14-8-2)49-48-64(71)74-57-38-30-25-37-52-69(53-43-56-70)55-54-68(50-35-26-31-41-60-77-66(72)62(44-17-11-5)46-33-21-15-9-3)51-36-27-32-42-61-78-67(73)63(45-18-12-6)47-34-22-16-10-4/h13-14,19-20,62-63,65,70H,7-12,15-18,21-61H2,1-6H3/b19-13-,20-14-. The highest BCUT2D eigenvalue weighted by Crippen LogP contribution is 2.21. The summed E-state index contributed by atoms with van der Waals surface area (Å²) in [7, 11) is 0. The number of carbonyl (C=O) groups excluding carboxylic acids is 3. The van der Waals surface area contributed by atoms with E-state index in [-0.39, 0.29) is 42.6 Å². The van der Waals surface area contributed by atoms with Crippen LogP contribution >= 0.6 is 0 Å². The van der Waals surface area contributed by atoms with E-state index in [0.29, 0.717) is 45.9 Å². The maximum absolute atomic E-state index is 13.0. The number of rotatable bonds is 62. The van der Waals surface area contributed by atoms with E-state index in [9.17, 15) is 19.5 Å². The number of aliphatic hydroxyl groups is 1. The number of unbranched alkanes of at least 4 members (excludes halogenated alkanes) is 21. The van der Waals surface area contributed by atoms with Crippen molar-refractivity contribution in [1.82, 2.24) is 9.80 Å². The second-order valence-electron chi connectivity index (χ2n) is 22.4. The van der Waals surface area contributed by atoms with Crippen LogP contribution in [-0.2, 0) is 38.1 Å². The third kappa shape index (κ3) is 50.6. The van der Waals surface area contributed by atoms with Gasteiger partial charge in [0, 0.05) is 45.9 Å². The second-order valence-corrected chi connectivity index (χ2v) is 22.4. The molecule has 0 heterocycles. The van der Waals surface area contributed by atoms with Crippen molar-refractivity contribution >= 4 is 17.9 Å². The monoisotopic (exact) mass is 1100 g/mol. The molecule has 0 bridgehead atoms. The van der Waals surface area contributed by atoms with Crippen molar-refractivity contribution in [3.8, 4) is 0 Å². The van der Waals surface area contributed by atoms with Crippen molar-refractivity contribution in [3.63, 3.8) is 0 Å². The van der Waals surface area contributed by atoms with E-state index >= 15 is 0 Å². The summed E-state index contributed by atoms with van der Waals surface area (Å²) >= 11 is 0. The lowest BCUT2D eigenvalue weighted by atomic mass is 9.95. The minimum Gasteiger partial charge on any atom is -0.466 e. The molecule has 0 radical (unpaired) electrons. The minimum atomic E-state index is -0.379. The summed E-state index contributed by atoms with van der Waals surface area (Å²) < 4.78 is 29.6. The topological polar surface area (TPSA) is 124 Å². The highest BCUT2D eigenvalue weighted by Gasteiger charge is 2.21. The van der Waals surface area contributed by atoms with Gasteiger partial charge in [0.1, 0.15) is 0 Å². The first-order valence-electron chi connectivity index (χ1n) is 33.4. The molecule has 0 aliphatic rings. The van der Waals surface area contributed by atoms with E-state index in [1.807, 2.05) is 0 Å². The van der Waals surface area contributed by atoms with Gasteiger partial charge < -0.3 is 38.6 Å². The van der Waals surface area contributed by atoms with Crippen LogP contribution in [-0.4, -0.2) is 118 Å². The molecule has 0 aliphatic heterocycles. The molecular formula is C67H128N2O9. The van der Waals surface area contributed by atoms with Crippen LogP contribution in [0.4, 0.5) is 0 Å². The molecule has 78 heavy (non-hydrogen) atoms. The van der Waals surface area contributed by atoms with Gasteiger partial charge in [-0.05, 0) is 142 Å². The van der Waals surface area contributed by atoms with Gasteiger partial charge in [-0.15, -0.1) is 0 Å². The zero-order valence-corrected chi connectivity index (χ0v) is 52.2. The first kappa shape index (κ1) is 75.7. The number of hydrogen-bond donors (Lipinski definition) is 1. The van der Waals surface area contributed by atoms with Gasteiger partial charge >= 0.3 is 17.9 Å². The van der Waals surface area contributed by atoms with Gasteiger partial charge in [0.2, 0.25) is 0 Å². The molecule has 2 unspecified atom stereocenters. The van der Waals surface area contributed by atoms with Gasteiger partial charge in [-0.1, -0.05) is 181 Å². The third-order valence-corrected chi connectivity index (χ3v) is 15.0. The highest BCUT2D eigenvalue weighted by atomic mass is 16.7. The van der Waals surface area contributed by atoms with Gasteiger partial charge in [-0.2, -0.15) is 0 Å². The number of hydrogen-bond acceptors (Lipinski definition) is 11. The normalized spacial score (nSPS) is 12.7. The van der Waals surface area contributed by atoms with E-state index in [0.717, 1.165) is 238 Å². The van der Waals surface area contributed by atoms with Crippen molar-refractivity contribution < 1.29 is 43.2 Å². The second kappa shape index (κ2) is 60.8. The van der Waals surface area contributed by atoms with Gasteiger partial charge in [0.05, 0.1) is 38.1 Å². The smallest absolute Gasteiger partial charge is 0.308 e. The summed E-state index contributed by atoms with van der Waals surface area (Å²) in [6.45, 7) is 22.1. The number of ether oxygens (including phenoxy) is 5. The molecule has 0 aliphatic carbocycles. The van der Waals surface area contributed by atoms with Crippen LogP contribution in [0.25, 0.3) is 0 Å². The summed E-state index contributed by atoms with van der Waals surface area (Å²) in [5, 5.41) is 9.78. The van der Waals surface area contributed by atoms with E-state index in [2.05, 4.69) is 75.6 Å². The molecule has 0 rings (SSSR count). The maximum Gasteiger partial charge on any atom is 0.308 e. The van der Waals surface area contributed by atoms with Crippen molar-refractivity contribution in [2.24, 2.45) is 11.8 Å². The van der Waals surface area contributed by atoms with E-state index in [4.69, 9.17) is 23.7 Å². The molecule has 460 valence electrons. The van der Waals surface area contributed by atoms with Crippen LogP contribution in [0, 0.1) is 11.8 Å². The van der Waals surface area contributed by atoms with Crippen molar-refractivity contribution in [1.29, 1.82) is 0 Å². The molecule has 1 N–H and O–H groups in total. The molecule has 0 amide bonds. The highest BCUT2D eigenvalue weighted by molar-refractivity contribution is 5.72. The number of nitrogens with zero attached hydrogens (tertiary/aromatic N) is 2. The Bertz CT molecular complexity index is 1270. The predicted molar refractivity (Wildman–Crippen MR) is 328 cm³/mol. The van der Waals surface area contributed by atoms with Crippen LogP contribution in [0.3, 0.4) is 0 Å². The van der Waals surface area contributed by atoms with Gasteiger partial charge in [0.15, 0.2) is 6.29 Å². The number of aliphatic hydroxyl groups excluding tert-OH is 1. The Hall–Kier alpha value is -2.31. The Kier molecular flexibility index (Phi) is 59.0. The van der Waals surface area contributed by atoms with Gasteiger partial charge in [-0.3, -0.25) is 14.4 Å². The fraction of sp³-hybridized carbons (Fsp3) is 0.896. The molecule has 0 saturated heterocycles. The van der Waals surface area contributed by atoms with Gasteiger partial charge in [-0.25, -0.2) is 0 Å². The predicted octanol–water partition coefficient (Wildman–Crippen LogP) is 17.2. The van der Waals surface area contributed by atoms with Gasteiger partial charge in [0.25, 0.3) is 0 Å². The number of allylic oxidation sites excluding steroid dienone is 4. The molecular weight excluding hydrogens is 977 g/mol. The SMILES string of the molecule is CC/C=C\CCCCOC(CCC(=O)OCCCCCCN(CCCO)CCN(CCCCCCOC(=O)C(CCCC)CCCCCC)CCCCCCOC(=O)C(CCCC)CCCCCC)OCCCC/C=C\CC. The van der Waals surface area contributed by atoms with E-state index in [1.54, 1.807) is 0 Å². The average molecular weight is 1110 g/mol. The largest absolute Gasteiger partial charge is 0.466 e. The van der Waals surface area contributed by atoms with Crippen molar-refractivity contribution in [2.45, 2.75) is 298 Å². The molecule has 0 saturated carbocycles. The Labute approximate surface area is 482 Å². The fourth-order valence-corrected chi connectivity index (χ4v) is 9.93. The Balaban J connectivity index is 5.10. The minimum absolute atomic E-state index is 0.0199. The summed E-state index contributed by atoms with van der Waals surface area (Å²) in [5.74, 6) is -0.0294. The number of carbonyl (C=O) groups is 3. The Morgan fingerprint density at radius 2 is 0.744 bits per heavy atom. The zero-order chi connectivity index (χ0) is 57.0. The lowest BCUT2D eigenvalue weighted by Gasteiger charge is -2.28. The Morgan fingerprint density at radius 3 is 1.15 bits per heavy atom. The molecule has 0 aromatic carbocycles. The maximum atomic E-state index is 13.0. The van der Waals surface area contributed by atoms with Crippen LogP contribution in [0.5, 0.6) is 0 Å². The average Bonchev–Trinajstić information content (AvgIpc) is 3.44. The molecule has 0 aromatic rings. The lowest BCUT2D eigenvalue weighted by Crippen LogP contribution is -2.37. The van der Waals surface area contributed by atoms with Crippen LogP contribution in [0.15, 0.2) is 24.3 Å².